The maximum Gasteiger partial charge on any atom is 0.274 e. The number of carbonyl (C=O) groups is 1. The summed E-state index contributed by atoms with van der Waals surface area (Å²) in [5.41, 5.74) is 2.77. The fourth-order valence-corrected chi connectivity index (χ4v) is 2.49. The molecule has 1 aromatic heterocycles. The van der Waals surface area contributed by atoms with Gasteiger partial charge in [-0.2, -0.15) is 0 Å². The van der Waals surface area contributed by atoms with Crippen molar-refractivity contribution in [2.24, 2.45) is 5.84 Å². The van der Waals surface area contributed by atoms with E-state index in [0.29, 0.717) is 17.6 Å². The van der Waals surface area contributed by atoms with E-state index in [9.17, 15) is 4.79 Å². The van der Waals surface area contributed by atoms with E-state index in [1.165, 1.54) is 0 Å². The summed E-state index contributed by atoms with van der Waals surface area (Å²) in [5, 5.41) is 7.75. The number of hydrogen-bond donors (Lipinski definition) is 2. The first-order valence-corrected chi connectivity index (χ1v) is 6.30. The van der Waals surface area contributed by atoms with Gasteiger partial charge in [-0.3, -0.25) is 4.79 Å². The van der Waals surface area contributed by atoms with Crippen LogP contribution in [-0.2, 0) is 0 Å². The number of carbonyl (C=O) groups excluding carboxylic acids is 1. The smallest absolute Gasteiger partial charge is 0.274 e. The Bertz CT molecular complexity index is 419. The lowest BCUT2D eigenvalue weighted by atomic mass is 10.1. The SMILES string of the molecule is CCC1CCC(C)N1C(=O)c1ccc(NN)nn1. The standard InChI is InChI=1S/C12H19N5O/c1-3-9-5-4-8(2)17(9)12(18)10-6-7-11(14-13)16-15-10/h6-9H,3-5,13H2,1-2H3,(H,14,16). The molecular weight excluding hydrogens is 230 g/mol. The Hall–Kier alpha value is -1.69. The van der Waals surface area contributed by atoms with Gasteiger partial charge in [-0.15, -0.1) is 10.2 Å². The number of amides is 1. The number of hydrazine groups is 1. The minimum Gasteiger partial charge on any atom is -0.332 e. The molecule has 0 aromatic carbocycles. The monoisotopic (exact) mass is 249 g/mol. The molecule has 0 bridgehead atoms. The number of nitrogens with zero attached hydrogens (tertiary/aromatic N) is 3. The molecule has 0 spiro atoms. The van der Waals surface area contributed by atoms with E-state index in [4.69, 9.17) is 5.84 Å². The van der Waals surface area contributed by atoms with E-state index in [0.717, 1.165) is 19.3 Å². The van der Waals surface area contributed by atoms with E-state index in [1.807, 2.05) is 4.90 Å². The summed E-state index contributed by atoms with van der Waals surface area (Å²) >= 11 is 0. The second kappa shape index (κ2) is 5.30. The van der Waals surface area contributed by atoms with Crippen molar-refractivity contribution in [2.45, 2.75) is 45.2 Å². The van der Waals surface area contributed by atoms with Gasteiger partial charge in [-0.05, 0) is 38.3 Å². The Kier molecular flexibility index (Phi) is 3.76. The molecular formula is C12H19N5O. The summed E-state index contributed by atoms with van der Waals surface area (Å²) in [6, 6.07) is 3.91. The number of aromatic nitrogens is 2. The third-order valence-electron chi connectivity index (χ3n) is 3.52. The van der Waals surface area contributed by atoms with Crippen LogP contribution in [0.2, 0.25) is 0 Å². The minimum atomic E-state index is -0.0390. The zero-order chi connectivity index (χ0) is 13.1. The predicted molar refractivity (Wildman–Crippen MR) is 68.8 cm³/mol. The second-order valence-electron chi connectivity index (χ2n) is 4.65. The third kappa shape index (κ3) is 2.28. The van der Waals surface area contributed by atoms with Crippen molar-refractivity contribution < 1.29 is 4.79 Å². The van der Waals surface area contributed by atoms with Gasteiger partial charge in [0.1, 0.15) is 0 Å². The van der Waals surface area contributed by atoms with Crippen molar-refractivity contribution in [1.29, 1.82) is 0 Å². The molecule has 1 fully saturated rings. The highest BCUT2D eigenvalue weighted by molar-refractivity contribution is 5.92. The minimum absolute atomic E-state index is 0.0390. The fraction of sp³-hybridized carbons (Fsp3) is 0.583. The van der Waals surface area contributed by atoms with Crippen molar-refractivity contribution in [2.75, 3.05) is 5.43 Å². The summed E-state index contributed by atoms with van der Waals surface area (Å²) in [6.45, 7) is 4.19. The van der Waals surface area contributed by atoms with Crippen LogP contribution >= 0.6 is 0 Å². The number of rotatable bonds is 3. The summed E-state index contributed by atoms with van der Waals surface area (Å²) in [5.74, 6) is 5.63. The van der Waals surface area contributed by atoms with Crippen LogP contribution < -0.4 is 11.3 Å². The molecule has 3 N–H and O–H groups in total. The van der Waals surface area contributed by atoms with Crippen LogP contribution in [0.3, 0.4) is 0 Å². The lowest BCUT2D eigenvalue weighted by molar-refractivity contribution is 0.0669. The molecule has 6 nitrogen and oxygen atoms in total. The van der Waals surface area contributed by atoms with Gasteiger partial charge in [0, 0.05) is 12.1 Å². The van der Waals surface area contributed by atoms with E-state index in [-0.39, 0.29) is 11.9 Å². The first kappa shape index (κ1) is 12.8. The van der Waals surface area contributed by atoms with Crippen molar-refractivity contribution >= 4 is 11.7 Å². The van der Waals surface area contributed by atoms with Crippen LogP contribution in [0.4, 0.5) is 5.82 Å². The van der Waals surface area contributed by atoms with Gasteiger partial charge in [0.05, 0.1) is 0 Å². The largest absolute Gasteiger partial charge is 0.332 e. The van der Waals surface area contributed by atoms with Crippen molar-refractivity contribution in [3.63, 3.8) is 0 Å². The van der Waals surface area contributed by atoms with Crippen LogP contribution in [0.25, 0.3) is 0 Å². The molecule has 1 aromatic rings. The van der Waals surface area contributed by atoms with E-state index >= 15 is 0 Å². The Labute approximate surface area is 107 Å². The quantitative estimate of drug-likeness (QED) is 0.620. The highest BCUT2D eigenvalue weighted by Crippen LogP contribution is 2.27. The molecule has 2 rings (SSSR count). The Morgan fingerprint density at radius 1 is 1.50 bits per heavy atom. The third-order valence-corrected chi connectivity index (χ3v) is 3.52. The Morgan fingerprint density at radius 2 is 2.28 bits per heavy atom. The lowest BCUT2D eigenvalue weighted by Crippen LogP contribution is -2.40. The normalized spacial score (nSPS) is 23.2. The van der Waals surface area contributed by atoms with E-state index < -0.39 is 0 Å². The van der Waals surface area contributed by atoms with Crippen molar-refractivity contribution in [3.8, 4) is 0 Å². The van der Waals surface area contributed by atoms with E-state index in [1.54, 1.807) is 12.1 Å². The van der Waals surface area contributed by atoms with E-state index in [2.05, 4.69) is 29.5 Å². The van der Waals surface area contributed by atoms with Gasteiger partial charge < -0.3 is 10.3 Å². The Balaban J connectivity index is 2.18. The number of nitrogens with one attached hydrogen (secondary N) is 1. The summed E-state index contributed by atoms with van der Waals surface area (Å²) < 4.78 is 0. The van der Waals surface area contributed by atoms with Crippen LogP contribution in [0.1, 0.15) is 43.6 Å². The molecule has 1 aliphatic heterocycles. The molecule has 2 unspecified atom stereocenters. The number of hydrogen-bond acceptors (Lipinski definition) is 5. The zero-order valence-corrected chi connectivity index (χ0v) is 10.8. The van der Waals surface area contributed by atoms with Crippen molar-refractivity contribution in [1.82, 2.24) is 15.1 Å². The molecule has 1 aliphatic rings. The van der Waals surface area contributed by atoms with Crippen LogP contribution in [0.15, 0.2) is 12.1 Å². The van der Waals surface area contributed by atoms with Gasteiger partial charge in [0.25, 0.3) is 5.91 Å². The average Bonchev–Trinajstić information content (AvgIpc) is 2.79. The maximum atomic E-state index is 12.4. The fourth-order valence-electron chi connectivity index (χ4n) is 2.49. The number of nitrogen functional groups attached to an aromatic ring is 1. The number of likely N-dealkylation sites (tertiary alicyclic amines) is 1. The molecule has 18 heavy (non-hydrogen) atoms. The average molecular weight is 249 g/mol. The number of nitrogens with two attached hydrogens (primary N) is 1. The topological polar surface area (TPSA) is 84.1 Å². The van der Waals surface area contributed by atoms with Gasteiger partial charge >= 0.3 is 0 Å². The van der Waals surface area contributed by atoms with Crippen LogP contribution in [-0.4, -0.2) is 33.1 Å². The molecule has 1 amide bonds. The van der Waals surface area contributed by atoms with Gasteiger partial charge in [-0.25, -0.2) is 5.84 Å². The lowest BCUT2D eigenvalue weighted by Gasteiger charge is -2.27. The summed E-state index contributed by atoms with van der Waals surface area (Å²) in [4.78, 5) is 14.3. The van der Waals surface area contributed by atoms with Gasteiger partial charge in [-0.1, -0.05) is 6.92 Å². The highest BCUT2D eigenvalue weighted by atomic mass is 16.2. The molecule has 1 saturated heterocycles. The first-order chi connectivity index (χ1) is 8.67. The van der Waals surface area contributed by atoms with Crippen LogP contribution in [0, 0.1) is 0 Å². The maximum absolute atomic E-state index is 12.4. The predicted octanol–water partition coefficient (Wildman–Crippen LogP) is 1.17. The highest BCUT2D eigenvalue weighted by Gasteiger charge is 2.34. The molecule has 6 heteroatoms. The first-order valence-electron chi connectivity index (χ1n) is 6.30. The van der Waals surface area contributed by atoms with Crippen LogP contribution in [0.5, 0.6) is 0 Å². The van der Waals surface area contributed by atoms with Gasteiger partial charge in [0.2, 0.25) is 0 Å². The Morgan fingerprint density at radius 3 is 2.83 bits per heavy atom. The summed E-state index contributed by atoms with van der Waals surface area (Å²) in [6.07, 6.45) is 3.10. The molecule has 2 atom stereocenters. The second-order valence-corrected chi connectivity index (χ2v) is 4.65. The molecule has 2 heterocycles. The van der Waals surface area contributed by atoms with Crippen molar-refractivity contribution in [3.05, 3.63) is 17.8 Å². The number of anilines is 1. The molecule has 98 valence electrons. The summed E-state index contributed by atoms with van der Waals surface area (Å²) in [7, 11) is 0. The zero-order valence-electron chi connectivity index (χ0n) is 10.8. The van der Waals surface area contributed by atoms with Gasteiger partial charge in [0.15, 0.2) is 11.5 Å². The molecule has 0 radical (unpaired) electrons. The molecule has 0 saturated carbocycles. The molecule has 0 aliphatic carbocycles.